The fraction of sp³-hybridized carbons (Fsp3) is 0.400. The zero-order chi connectivity index (χ0) is 7.72. The Labute approximate surface area is 62.9 Å². The number of H-pyrrole nitrogens is 1. The van der Waals surface area contributed by atoms with Gasteiger partial charge in [-0.25, -0.2) is 4.79 Å². The summed E-state index contributed by atoms with van der Waals surface area (Å²) >= 11 is 3.89. The second-order valence-corrected chi connectivity index (χ2v) is 2.27. The van der Waals surface area contributed by atoms with E-state index in [0.29, 0.717) is 6.54 Å². The summed E-state index contributed by atoms with van der Waals surface area (Å²) in [5.74, 6) is -0.171. The Hall–Kier alpha value is -0.840. The summed E-state index contributed by atoms with van der Waals surface area (Å²) < 4.78 is 1.33. The van der Waals surface area contributed by atoms with E-state index in [2.05, 4.69) is 17.6 Å². The second-order valence-electron chi connectivity index (χ2n) is 1.85. The minimum Gasteiger partial charge on any atom is -0.493 e. The summed E-state index contributed by atoms with van der Waals surface area (Å²) in [6.45, 7) is 2.31. The molecule has 1 aromatic rings. The number of hydrogen-bond donors (Lipinski definition) is 3. The van der Waals surface area contributed by atoms with E-state index in [9.17, 15) is 4.79 Å². The summed E-state index contributed by atoms with van der Waals surface area (Å²) in [4.78, 5) is 13.0. The number of aromatic nitrogens is 2. The molecule has 1 rings (SSSR count). The van der Waals surface area contributed by atoms with E-state index >= 15 is 0 Å². The van der Waals surface area contributed by atoms with Crippen molar-refractivity contribution in [2.45, 2.75) is 18.5 Å². The Morgan fingerprint density at radius 1 is 1.80 bits per heavy atom. The van der Waals surface area contributed by atoms with Gasteiger partial charge in [0.05, 0.1) is 0 Å². The summed E-state index contributed by atoms with van der Waals surface area (Å²) in [6.07, 6.45) is 0. The molecule has 0 spiro atoms. The molecule has 0 radical (unpaired) electrons. The Morgan fingerprint density at radius 3 is 2.60 bits per heavy atom. The van der Waals surface area contributed by atoms with E-state index in [1.807, 2.05) is 0 Å². The summed E-state index contributed by atoms with van der Waals surface area (Å²) in [6, 6.07) is 0. The van der Waals surface area contributed by atoms with Crippen LogP contribution in [-0.2, 0) is 6.54 Å². The minimum absolute atomic E-state index is 0.171. The first-order chi connectivity index (χ1) is 4.66. The van der Waals surface area contributed by atoms with Crippen molar-refractivity contribution in [3.63, 3.8) is 0 Å². The molecule has 0 amide bonds. The smallest absolute Gasteiger partial charge is 0.329 e. The van der Waals surface area contributed by atoms with Crippen LogP contribution >= 0.6 is 12.6 Å². The predicted molar refractivity (Wildman–Crippen MR) is 39.6 cm³/mol. The van der Waals surface area contributed by atoms with Crippen molar-refractivity contribution in [1.82, 2.24) is 9.55 Å². The average Bonchev–Trinajstić information content (AvgIpc) is 2.09. The van der Waals surface area contributed by atoms with Crippen molar-refractivity contribution in [2.75, 3.05) is 0 Å². The molecule has 10 heavy (non-hydrogen) atoms. The number of rotatable bonds is 1. The fourth-order valence-electron chi connectivity index (χ4n) is 0.742. The van der Waals surface area contributed by atoms with Crippen LogP contribution in [0, 0.1) is 0 Å². The molecule has 0 fully saturated rings. The number of imidazole rings is 1. The van der Waals surface area contributed by atoms with Crippen molar-refractivity contribution in [3.05, 3.63) is 10.5 Å². The molecule has 0 aliphatic rings. The molecule has 1 heterocycles. The van der Waals surface area contributed by atoms with Gasteiger partial charge >= 0.3 is 5.69 Å². The highest BCUT2D eigenvalue weighted by Gasteiger charge is 2.06. The van der Waals surface area contributed by atoms with Crippen LogP contribution in [0.25, 0.3) is 0 Å². The van der Waals surface area contributed by atoms with Crippen LogP contribution in [0.5, 0.6) is 5.88 Å². The lowest BCUT2D eigenvalue weighted by molar-refractivity contribution is 0.438. The first-order valence-electron chi connectivity index (χ1n) is 2.87. The normalized spacial score (nSPS) is 10.2. The Kier molecular flexibility index (Phi) is 1.76. The second kappa shape index (κ2) is 2.42. The van der Waals surface area contributed by atoms with Crippen molar-refractivity contribution >= 4 is 12.6 Å². The summed E-state index contributed by atoms with van der Waals surface area (Å²) in [5.41, 5.74) is -0.329. The third-order valence-electron chi connectivity index (χ3n) is 1.25. The number of thiol groups is 1. The van der Waals surface area contributed by atoms with Gasteiger partial charge in [0.2, 0.25) is 5.88 Å². The highest BCUT2D eigenvalue weighted by atomic mass is 32.1. The van der Waals surface area contributed by atoms with Crippen LogP contribution < -0.4 is 5.69 Å². The molecule has 0 aromatic carbocycles. The van der Waals surface area contributed by atoms with Gasteiger partial charge in [0.25, 0.3) is 0 Å². The van der Waals surface area contributed by atoms with Crippen LogP contribution in [-0.4, -0.2) is 14.7 Å². The molecule has 0 saturated carbocycles. The Morgan fingerprint density at radius 2 is 2.40 bits per heavy atom. The SMILES string of the molecule is CCn1c(S)c(O)[nH]c1=O. The monoisotopic (exact) mass is 160 g/mol. The van der Waals surface area contributed by atoms with Crippen LogP contribution in [0.2, 0.25) is 0 Å². The zero-order valence-electron chi connectivity index (χ0n) is 5.46. The van der Waals surface area contributed by atoms with Gasteiger partial charge in [0.15, 0.2) is 0 Å². The van der Waals surface area contributed by atoms with Gasteiger partial charge in [0.1, 0.15) is 5.03 Å². The molecule has 5 heteroatoms. The minimum atomic E-state index is -0.329. The van der Waals surface area contributed by atoms with E-state index in [-0.39, 0.29) is 16.6 Å². The van der Waals surface area contributed by atoms with Crippen molar-refractivity contribution in [2.24, 2.45) is 0 Å². The van der Waals surface area contributed by atoms with E-state index < -0.39 is 0 Å². The lowest BCUT2D eigenvalue weighted by atomic mass is 10.7. The number of hydrogen-bond acceptors (Lipinski definition) is 3. The van der Waals surface area contributed by atoms with Crippen LogP contribution in [0.3, 0.4) is 0 Å². The molecule has 0 aliphatic carbocycles. The summed E-state index contributed by atoms with van der Waals surface area (Å²) in [5, 5.41) is 9.18. The highest BCUT2D eigenvalue weighted by molar-refractivity contribution is 7.80. The highest BCUT2D eigenvalue weighted by Crippen LogP contribution is 2.14. The number of nitrogens with one attached hydrogen (secondary N) is 1. The predicted octanol–water partition coefficient (Wildman–Crippen LogP) is 0.191. The lowest BCUT2D eigenvalue weighted by Crippen LogP contribution is -2.15. The molecule has 1 aromatic heterocycles. The van der Waals surface area contributed by atoms with Gasteiger partial charge in [-0.15, -0.1) is 12.6 Å². The number of nitrogens with zero attached hydrogens (tertiary/aromatic N) is 1. The van der Waals surface area contributed by atoms with Crippen LogP contribution in [0.15, 0.2) is 9.82 Å². The van der Waals surface area contributed by atoms with Gasteiger partial charge in [-0.2, -0.15) is 0 Å². The lowest BCUT2D eigenvalue weighted by Gasteiger charge is -1.94. The molecule has 2 N–H and O–H groups in total. The van der Waals surface area contributed by atoms with E-state index in [4.69, 9.17) is 5.11 Å². The average molecular weight is 160 g/mol. The van der Waals surface area contributed by atoms with Gasteiger partial charge in [-0.3, -0.25) is 9.55 Å². The van der Waals surface area contributed by atoms with Gasteiger partial charge < -0.3 is 5.11 Å². The molecular formula is C5H8N2O2S. The number of aromatic hydroxyl groups is 1. The topological polar surface area (TPSA) is 58.0 Å². The molecule has 0 bridgehead atoms. The van der Waals surface area contributed by atoms with E-state index in [1.54, 1.807) is 6.92 Å². The largest absolute Gasteiger partial charge is 0.493 e. The maximum absolute atomic E-state index is 10.8. The van der Waals surface area contributed by atoms with Gasteiger partial charge in [-0.05, 0) is 6.92 Å². The zero-order valence-corrected chi connectivity index (χ0v) is 6.35. The molecule has 4 nitrogen and oxygen atoms in total. The molecule has 0 unspecified atom stereocenters. The summed E-state index contributed by atoms with van der Waals surface area (Å²) in [7, 11) is 0. The molecule has 0 saturated heterocycles. The van der Waals surface area contributed by atoms with E-state index in [1.165, 1.54) is 4.57 Å². The van der Waals surface area contributed by atoms with Crippen molar-refractivity contribution in [3.8, 4) is 5.88 Å². The van der Waals surface area contributed by atoms with Crippen LogP contribution in [0.4, 0.5) is 0 Å². The third kappa shape index (κ3) is 0.923. The first kappa shape index (κ1) is 7.27. The quantitative estimate of drug-likeness (QED) is 0.514. The molecule has 0 aliphatic heterocycles. The Balaban J connectivity index is 3.34. The van der Waals surface area contributed by atoms with E-state index in [0.717, 1.165) is 0 Å². The fourth-order valence-corrected chi connectivity index (χ4v) is 1.03. The van der Waals surface area contributed by atoms with Crippen LogP contribution in [0.1, 0.15) is 6.92 Å². The van der Waals surface area contributed by atoms with Gasteiger partial charge in [-0.1, -0.05) is 0 Å². The van der Waals surface area contributed by atoms with Crippen molar-refractivity contribution < 1.29 is 5.11 Å². The van der Waals surface area contributed by atoms with Crippen molar-refractivity contribution in [1.29, 1.82) is 0 Å². The molecule has 0 atom stereocenters. The standard InChI is InChI=1S/C5H8N2O2S/c1-2-7-4(10)3(8)6-5(7)9/h8,10H,2H2,1H3,(H,6,9). The third-order valence-corrected chi connectivity index (χ3v) is 1.71. The molecule has 56 valence electrons. The first-order valence-corrected chi connectivity index (χ1v) is 3.32. The maximum atomic E-state index is 10.8. The van der Waals surface area contributed by atoms with Gasteiger partial charge in [0, 0.05) is 6.54 Å². The Bertz CT molecular complexity index is 288. The molecular weight excluding hydrogens is 152 g/mol. The maximum Gasteiger partial charge on any atom is 0.329 e. The number of aromatic amines is 1.